The summed E-state index contributed by atoms with van der Waals surface area (Å²) in [5.41, 5.74) is 5.43. The fourth-order valence-electron chi connectivity index (χ4n) is 1.23. The van der Waals surface area contributed by atoms with Crippen LogP contribution in [0.3, 0.4) is 0 Å². The summed E-state index contributed by atoms with van der Waals surface area (Å²) in [5, 5.41) is 16.8. The summed E-state index contributed by atoms with van der Waals surface area (Å²) in [6, 6.07) is -1.19. The van der Waals surface area contributed by atoms with Crippen molar-refractivity contribution in [2.24, 2.45) is 5.73 Å². The van der Waals surface area contributed by atoms with Crippen LogP contribution in [0.2, 0.25) is 0 Å². The van der Waals surface area contributed by atoms with Gasteiger partial charge in [-0.05, 0) is 12.8 Å². The minimum Gasteiger partial charge on any atom is -0.481 e. The summed E-state index contributed by atoms with van der Waals surface area (Å²) in [7, 11) is 0. The zero-order valence-electron chi connectivity index (χ0n) is 11.4. The number of hydrogen-bond acceptors (Lipinski definition) is 7. The molecule has 0 aromatic heterocycles. The van der Waals surface area contributed by atoms with Crippen molar-refractivity contribution < 1.29 is 38.9 Å². The molecule has 0 heterocycles. The normalized spacial score (nSPS) is 11.5. The predicted molar refractivity (Wildman–Crippen MR) is 68.3 cm³/mol. The van der Waals surface area contributed by atoms with Crippen molar-refractivity contribution in [2.45, 2.75) is 38.1 Å². The van der Waals surface area contributed by atoms with Gasteiger partial charge in [-0.1, -0.05) is 0 Å². The Bertz CT molecular complexity index is 381. The molecule has 0 amide bonds. The molecule has 9 nitrogen and oxygen atoms in total. The van der Waals surface area contributed by atoms with Gasteiger partial charge in [0.25, 0.3) is 0 Å². The van der Waals surface area contributed by atoms with E-state index in [0.717, 1.165) is 0 Å². The smallest absolute Gasteiger partial charge is 0.323 e. The van der Waals surface area contributed by atoms with Gasteiger partial charge in [0.15, 0.2) is 0 Å². The van der Waals surface area contributed by atoms with Crippen LogP contribution in [0.5, 0.6) is 0 Å². The van der Waals surface area contributed by atoms with Crippen molar-refractivity contribution in [1.29, 1.82) is 0 Å². The Morgan fingerprint density at radius 1 is 0.905 bits per heavy atom. The average Bonchev–Trinajstić information content (AvgIpc) is 2.39. The maximum atomic E-state index is 11.4. The molecule has 4 N–H and O–H groups in total. The third-order valence-electron chi connectivity index (χ3n) is 2.27. The minimum atomic E-state index is -1.19. The summed E-state index contributed by atoms with van der Waals surface area (Å²) < 4.78 is 9.40. The lowest BCUT2D eigenvalue weighted by Gasteiger charge is -2.11. The van der Waals surface area contributed by atoms with Gasteiger partial charge in [-0.2, -0.15) is 0 Å². The van der Waals surface area contributed by atoms with E-state index in [-0.39, 0.29) is 45.3 Å². The van der Waals surface area contributed by atoms with Gasteiger partial charge < -0.3 is 25.4 Å². The molecule has 0 aliphatic carbocycles. The summed E-state index contributed by atoms with van der Waals surface area (Å²) in [5.74, 6) is -3.54. The van der Waals surface area contributed by atoms with Gasteiger partial charge in [0.2, 0.25) is 0 Å². The van der Waals surface area contributed by atoms with Crippen molar-refractivity contribution in [2.75, 3.05) is 13.2 Å². The molecule has 21 heavy (non-hydrogen) atoms. The van der Waals surface area contributed by atoms with Crippen LogP contribution < -0.4 is 5.73 Å². The van der Waals surface area contributed by atoms with Crippen molar-refractivity contribution in [3.05, 3.63) is 0 Å². The van der Waals surface area contributed by atoms with Crippen molar-refractivity contribution in [3.63, 3.8) is 0 Å². The first-order chi connectivity index (χ1) is 9.82. The van der Waals surface area contributed by atoms with Crippen LogP contribution in [0.15, 0.2) is 0 Å². The largest absolute Gasteiger partial charge is 0.481 e. The third-order valence-corrected chi connectivity index (χ3v) is 2.27. The zero-order chi connectivity index (χ0) is 16.3. The van der Waals surface area contributed by atoms with Gasteiger partial charge in [0, 0.05) is 12.8 Å². The highest BCUT2D eigenvalue weighted by molar-refractivity contribution is 5.82. The molecular weight excluding hydrogens is 286 g/mol. The van der Waals surface area contributed by atoms with Gasteiger partial charge in [0.05, 0.1) is 19.6 Å². The number of carboxylic acid groups (broad SMARTS) is 2. The number of nitrogens with two attached hydrogens (primary N) is 1. The number of rotatable bonds is 11. The molecule has 0 radical (unpaired) electrons. The summed E-state index contributed by atoms with van der Waals surface area (Å²) in [6.07, 6.45) is -0.298. The van der Waals surface area contributed by atoms with E-state index in [9.17, 15) is 19.2 Å². The quantitative estimate of drug-likeness (QED) is 0.339. The number of hydrogen-bond donors (Lipinski definition) is 3. The van der Waals surface area contributed by atoms with Crippen molar-refractivity contribution in [1.82, 2.24) is 0 Å². The van der Waals surface area contributed by atoms with Crippen molar-refractivity contribution >= 4 is 23.9 Å². The molecule has 0 saturated carbocycles. The maximum absolute atomic E-state index is 11.4. The van der Waals surface area contributed by atoms with Crippen LogP contribution in [-0.4, -0.2) is 53.3 Å². The first-order valence-electron chi connectivity index (χ1n) is 6.34. The molecule has 0 aromatic carbocycles. The lowest BCUT2D eigenvalue weighted by atomic mass is 10.2. The lowest BCUT2D eigenvalue weighted by molar-refractivity contribution is -0.152. The monoisotopic (exact) mass is 305 g/mol. The summed E-state index contributed by atoms with van der Waals surface area (Å²) in [6.45, 7) is -0.155. The van der Waals surface area contributed by atoms with E-state index in [0.29, 0.717) is 0 Å². The minimum absolute atomic E-state index is 0.0640. The Balaban J connectivity index is 3.76. The number of aliphatic carboxylic acids is 2. The molecule has 0 aliphatic heterocycles. The fourth-order valence-corrected chi connectivity index (χ4v) is 1.23. The Hall–Kier alpha value is -2.16. The Morgan fingerprint density at radius 3 is 1.86 bits per heavy atom. The molecular formula is C12H19NO8. The summed E-state index contributed by atoms with van der Waals surface area (Å²) in [4.78, 5) is 43.1. The van der Waals surface area contributed by atoms with Crippen LogP contribution >= 0.6 is 0 Å². The van der Waals surface area contributed by atoms with Crippen LogP contribution in [0.25, 0.3) is 0 Å². The first kappa shape index (κ1) is 18.8. The second-order valence-corrected chi connectivity index (χ2v) is 4.19. The van der Waals surface area contributed by atoms with Gasteiger partial charge in [-0.15, -0.1) is 0 Å². The Morgan fingerprint density at radius 2 is 1.38 bits per heavy atom. The molecule has 1 atom stereocenters. The van der Waals surface area contributed by atoms with E-state index in [2.05, 4.69) is 0 Å². The van der Waals surface area contributed by atoms with E-state index in [1.165, 1.54) is 0 Å². The lowest BCUT2D eigenvalue weighted by Crippen LogP contribution is -2.35. The standard InChI is InChI=1S/C12H19NO8/c13-8(12(19)21-6-2-4-10(16)17)7-11(18)20-5-1-3-9(14)15/h8H,1-7,13H2,(H,14,15)(H,16,17)/t8-/m0/s1. The Labute approximate surface area is 121 Å². The Kier molecular flexibility index (Phi) is 9.52. The summed E-state index contributed by atoms with van der Waals surface area (Å²) >= 11 is 0. The van der Waals surface area contributed by atoms with E-state index in [1.54, 1.807) is 0 Å². The fraction of sp³-hybridized carbons (Fsp3) is 0.667. The molecule has 0 fully saturated rings. The van der Waals surface area contributed by atoms with Crippen LogP contribution in [0.1, 0.15) is 32.1 Å². The van der Waals surface area contributed by atoms with Gasteiger partial charge in [-0.25, -0.2) is 0 Å². The maximum Gasteiger partial charge on any atom is 0.323 e. The van der Waals surface area contributed by atoms with Gasteiger partial charge in [-0.3, -0.25) is 19.2 Å². The van der Waals surface area contributed by atoms with Crippen LogP contribution in [-0.2, 0) is 28.7 Å². The van der Waals surface area contributed by atoms with E-state index in [4.69, 9.17) is 25.4 Å². The topological polar surface area (TPSA) is 153 Å². The number of esters is 2. The molecule has 9 heteroatoms. The van der Waals surface area contributed by atoms with Crippen LogP contribution in [0, 0.1) is 0 Å². The second-order valence-electron chi connectivity index (χ2n) is 4.19. The van der Waals surface area contributed by atoms with Crippen molar-refractivity contribution in [3.8, 4) is 0 Å². The first-order valence-corrected chi connectivity index (χ1v) is 6.34. The van der Waals surface area contributed by atoms with E-state index < -0.39 is 29.9 Å². The molecule has 120 valence electrons. The SMILES string of the molecule is N[C@@H](CC(=O)OCCCC(=O)O)C(=O)OCCCC(=O)O. The highest BCUT2D eigenvalue weighted by atomic mass is 16.5. The van der Waals surface area contributed by atoms with Gasteiger partial charge >= 0.3 is 23.9 Å². The van der Waals surface area contributed by atoms with E-state index in [1.807, 2.05) is 0 Å². The number of carbonyl (C=O) groups excluding carboxylic acids is 2. The molecule has 0 saturated heterocycles. The molecule has 0 bridgehead atoms. The van der Waals surface area contributed by atoms with Crippen LogP contribution in [0.4, 0.5) is 0 Å². The van der Waals surface area contributed by atoms with E-state index >= 15 is 0 Å². The number of ether oxygens (including phenoxy) is 2. The second kappa shape index (κ2) is 10.6. The number of carbonyl (C=O) groups is 4. The zero-order valence-corrected chi connectivity index (χ0v) is 11.4. The average molecular weight is 305 g/mol. The highest BCUT2D eigenvalue weighted by Gasteiger charge is 2.20. The number of carboxylic acids is 2. The van der Waals surface area contributed by atoms with Gasteiger partial charge in [0.1, 0.15) is 6.04 Å². The predicted octanol–water partition coefficient (Wildman–Crippen LogP) is -0.480. The molecule has 0 spiro atoms. The molecule has 0 rings (SSSR count). The molecule has 0 aliphatic rings. The third kappa shape index (κ3) is 11.4. The molecule has 0 unspecified atom stereocenters. The highest BCUT2D eigenvalue weighted by Crippen LogP contribution is 1.99. The molecule has 0 aromatic rings.